The zero-order valence-electron chi connectivity index (χ0n) is 17.3. The summed E-state index contributed by atoms with van der Waals surface area (Å²) in [7, 11) is -3.79. The summed E-state index contributed by atoms with van der Waals surface area (Å²) in [6.07, 6.45) is 0. The van der Waals surface area contributed by atoms with Gasteiger partial charge in [0, 0.05) is 12.2 Å². The smallest absolute Gasteiger partial charge is 0.261 e. The monoisotopic (exact) mass is 464 g/mol. The highest BCUT2D eigenvalue weighted by Gasteiger charge is 2.17. The Labute approximate surface area is 192 Å². The topological polar surface area (TPSA) is 75.3 Å². The first-order valence-electron chi connectivity index (χ1n) is 9.97. The summed E-state index contributed by atoms with van der Waals surface area (Å²) >= 11 is 6.24. The van der Waals surface area contributed by atoms with E-state index in [1.807, 2.05) is 49.4 Å². The predicted molar refractivity (Wildman–Crippen MR) is 129 cm³/mol. The maximum absolute atomic E-state index is 12.8. The van der Waals surface area contributed by atoms with Crippen molar-refractivity contribution >= 4 is 44.0 Å². The number of nitrogens with one attached hydrogen (secondary N) is 2. The Bertz CT molecular complexity index is 1400. The third kappa shape index (κ3) is 4.77. The van der Waals surface area contributed by atoms with E-state index < -0.39 is 10.0 Å². The van der Waals surface area contributed by atoms with Gasteiger partial charge in [0.2, 0.25) is 0 Å². The quantitative estimate of drug-likeness (QED) is 0.393. The van der Waals surface area contributed by atoms with Gasteiger partial charge in [0.1, 0.15) is 0 Å². The van der Waals surface area contributed by atoms with Gasteiger partial charge in [0.25, 0.3) is 15.9 Å². The SMILES string of the molecule is Cc1ccc(S(=O)(=O)Nc2ccc(Cl)c(C(=O)NCc3cccc4ccccc34)c2)cc1. The van der Waals surface area contributed by atoms with Gasteiger partial charge in [-0.1, -0.05) is 71.8 Å². The Morgan fingerprint density at radius 3 is 2.41 bits per heavy atom. The van der Waals surface area contributed by atoms with E-state index in [-0.39, 0.29) is 27.1 Å². The fraction of sp³-hybridized carbons (Fsp3) is 0.0800. The Morgan fingerprint density at radius 1 is 0.906 bits per heavy atom. The van der Waals surface area contributed by atoms with Crippen LogP contribution in [-0.2, 0) is 16.6 Å². The molecule has 4 aromatic rings. The van der Waals surface area contributed by atoms with Crippen molar-refractivity contribution in [3.8, 4) is 0 Å². The van der Waals surface area contributed by atoms with Gasteiger partial charge < -0.3 is 5.32 Å². The fourth-order valence-electron chi connectivity index (χ4n) is 3.41. The summed E-state index contributed by atoms with van der Waals surface area (Å²) in [5, 5.41) is 5.25. The number of aryl methyl sites for hydroxylation is 1. The van der Waals surface area contributed by atoms with Crippen LogP contribution >= 0.6 is 11.6 Å². The zero-order chi connectivity index (χ0) is 22.7. The lowest BCUT2D eigenvalue weighted by Crippen LogP contribution is -2.23. The summed E-state index contributed by atoms with van der Waals surface area (Å²) in [5.74, 6) is -0.390. The number of carbonyl (C=O) groups is 1. The van der Waals surface area contributed by atoms with Crippen molar-refractivity contribution in [1.29, 1.82) is 0 Å². The van der Waals surface area contributed by atoms with Crippen LogP contribution in [0.1, 0.15) is 21.5 Å². The second-order valence-corrected chi connectivity index (χ2v) is 9.52. The number of benzene rings is 4. The lowest BCUT2D eigenvalue weighted by molar-refractivity contribution is 0.0951. The molecular weight excluding hydrogens is 444 g/mol. The molecule has 0 aromatic heterocycles. The van der Waals surface area contributed by atoms with Crippen molar-refractivity contribution in [2.24, 2.45) is 0 Å². The van der Waals surface area contributed by atoms with Gasteiger partial charge in [-0.2, -0.15) is 0 Å². The largest absolute Gasteiger partial charge is 0.348 e. The van der Waals surface area contributed by atoms with Gasteiger partial charge >= 0.3 is 0 Å². The number of halogens is 1. The van der Waals surface area contributed by atoms with E-state index in [1.165, 1.54) is 30.3 Å². The molecule has 1 amide bonds. The molecule has 4 aromatic carbocycles. The number of anilines is 1. The van der Waals surface area contributed by atoms with Crippen LogP contribution in [0.5, 0.6) is 0 Å². The molecule has 0 bridgehead atoms. The summed E-state index contributed by atoms with van der Waals surface area (Å²) < 4.78 is 27.8. The van der Waals surface area contributed by atoms with Gasteiger partial charge in [-0.15, -0.1) is 0 Å². The molecular formula is C25H21ClN2O3S. The summed E-state index contributed by atoms with van der Waals surface area (Å²) in [6, 6.07) is 24.8. The Kier molecular flexibility index (Phi) is 6.17. The number of carbonyl (C=O) groups excluding carboxylic acids is 1. The first kappa shape index (κ1) is 21.9. The molecule has 0 saturated carbocycles. The Balaban J connectivity index is 1.53. The van der Waals surface area contributed by atoms with Crippen molar-refractivity contribution in [1.82, 2.24) is 5.32 Å². The fourth-order valence-corrected chi connectivity index (χ4v) is 4.66. The van der Waals surface area contributed by atoms with Crippen LogP contribution in [0.2, 0.25) is 5.02 Å². The van der Waals surface area contributed by atoms with Crippen molar-refractivity contribution in [3.63, 3.8) is 0 Å². The third-order valence-corrected chi connectivity index (χ3v) is 6.84. The molecule has 2 N–H and O–H groups in total. The van der Waals surface area contributed by atoms with E-state index in [0.29, 0.717) is 6.54 Å². The van der Waals surface area contributed by atoms with Crippen LogP contribution in [0.15, 0.2) is 89.8 Å². The van der Waals surface area contributed by atoms with E-state index in [2.05, 4.69) is 10.0 Å². The molecule has 4 rings (SSSR count). The standard InChI is InChI=1S/C25H21ClN2O3S/c1-17-9-12-21(13-10-17)32(30,31)28-20-11-14-24(26)23(15-20)25(29)27-16-19-7-4-6-18-5-2-3-8-22(18)19/h2-15,28H,16H2,1H3,(H,27,29). The van der Waals surface area contributed by atoms with Gasteiger partial charge in [-0.3, -0.25) is 9.52 Å². The number of hydrogen-bond donors (Lipinski definition) is 2. The molecule has 0 aliphatic carbocycles. The van der Waals surface area contributed by atoms with Crippen LogP contribution in [-0.4, -0.2) is 14.3 Å². The number of amides is 1. The summed E-state index contributed by atoms with van der Waals surface area (Å²) in [5.41, 5.74) is 2.38. The second-order valence-electron chi connectivity index (χ2n) is 7.43. The van der Waals surface area contributed by atoms with E-state index in [4.69, 9.17) is 11.6 Å². The second kappa shape index (κ2) is 9.02. The van der Waals surface area contributed by atoms with Gasteiger partial charge in [0.15, 0.2) is 0 Å². The lowest BCUT2D eigenvalue weighted by Gasteiger charge is -2.12. The number of fused-ring (bicyclic) bond motifs is 1. The van der Waals surface area contributed by atoms with Crippen molar-refractivity contribution < 1.29 is 13.2 Å². The first-order valence-corrected chi connectivity index (χ1v) is 11.8. The predicted octanol–water partition coefficient (Wildman–Crippen LogP) is 5.53. The van der Waals surface area contributed by atoms with E-state index in [1.54, 1.807) is 12.1 Å². The molecule has 0 saturated heterocycles. The maximum atomic E-state index is 12.8. The highest BCUT2D eigenvalue weighted by molar-refractivity contribution is 7.92. The van der Waals surface area contributed by atoms with Crippen LogP contribution in [0, 0.1) is 6.92 Å². The number of sulfonamides is 1. The minimum absolute atomic E-state index is 0.139. The van der Waals surface area contributed by atoms with Crippen LogP contribution in [0.3, 0.4) is 0 Å². The van der Waals surface area contributed by atoms with Crippen LogP contribution < -0.4 is 10.0 Å². The third-order valence-electron chi connectivity index (χ3n) is 5.11. The minimum Gasteiger partial charge on any atom is -0.348 e. The van der Waals surface area contributed by atoms with Crippen LogP contribution in [0.25, 0.3) is 10.8 Å². The number of rotatable bonds is 6. The highest BCUT2D eigenvalue weighted by atomic mass is 35.5. The summed E-state index contributed by atoms with van der Waals surface area (Å²) in [4.78, 5) is 13.0. The zero-order valence-corrected chi connectivity index (χ0v) is 18.9. The van der Waals surface area contributed by atoms with E-state index in [0.717, 1.165) is 21.9 Å². The molecule has 0 unspecified atom stereocenters. The van der Waals surface area contributed by atoms with Gasteiger partial charge in [-0.05, 0) is 53.6 Å². The molecule has 0 fully saturated rings. The van der Waals surface area contributed by atoms with Crippen LogP contribution in [0.4, 0.5) is 5.69 Å². The Hall–Kier alpha value is -3.35. The average molecular weight is 465 g/mol. The molecule has 0 aliphatic rings. The highest BCUT2D eigenvalue weighted by Crippen LogP contribution is 2.24. The molecule has 7 heteroatoms. The molecule has 0 aliphatic heterocycles. The maximum Gasteiger partial charge on any atom is 0.261 e. The van der Waals surface area contributed by atoms with Crippen molar-refractivity contribution in [2.45, 2.75) is 18.4 Å². The van der Waals surface area contributed by atoms with Gasteiger partial charge in [-0.25, -0.2) is 8.42 Å². The van der Waals surface area contributed by atoms with Gasteiger partial charge in [0.05, 0.1) is 15.5 Å². The molecule has 0 heterocycles. The first-order chi connectivity index (χ1) is 15.3. The molecule has 0 atom stereocenters. The molecule has 5 nitrogen and oxygen atoms in total. The normalized spacial score (nSPS) is 11.3. The van der Waals surface area contributed by atoms with Crippen molar-refractivity contribution in [2.75, 3.05) is 4.72 Å². The molecule has 0 spiro atoms. The van der Waals surface area contributed by atoms with E-state index >= 15 is 0 Å². The summed E-state index contributed by atoms with van der Waals surface area (Å²) in [6.45, 7) is 2.20. The lowest BCUT2D eigenvalue weighted by atomic mass is 10.0. The molecule has 162 valence electrons. The molecule has 0 radical (unpaired) electrons. The average Bonchev–Trinajstić information content (AvgIpc) is 2.79. The number of hydrogen-bond acceptors (Lipinski definition) is 3. The minimum atomic E-state index is -3.79. The Morgan fingerprint density at radius 2 is 1.62 bits per heavy atom. The van der Waals surface area contributed by atoms with E-state index in [9.17, 15) is 13.2 Å². The van der Waals surface area contributed by atoms with Crippen molar-refractivity contribution in [3.05, 3.63) is 107 Å². The molecule has 32 heavy (non-hydrogen) atoms.